The van der Waals surface area contributed by atoms with Gasteiger partial charge in [-0.3, -0.25) is 0 Å². The predicted octanol–water partition coefficient (Wildman–Crippen LogP) is 3.61. The van der Waals surface area contributed by atoms with E-state index in [2.05, 4.69) is 14.5 Å². The molecule has 0 radical (unpaired) electrons. The van der Waals surface area contributed by atoms with Crippen molar-refractivity contribution in [3.8, 4) is 11.6 Å². The van der Waals surface area contributed by atoms with Crippen molar-refractivity contribution < 1.29 is 35.8 Å². The van der Waals surface area contributed by atoms with Crippen molar-refractivity contribution in [3.05, 3.63) is 15.3 Å². The first-order chi connectivity index (χ1) is 8.04. The van der Waals surface area contributed by atoms with Gasteiger partial charge >= 0.3 is 12.5 Å². The molecule has 0 spiro atoms. The summed E-state index contributed by atoms with van der Waals surface area (Å²) in [6.07, 6.45) is -10.0. The van der Waals surface area contributed by atoms with Gasteiger partial charge < -0.3 is 9.47 Å². The lowest BCUT2D eigenvalue weighted by molar-refractivity contribution is -0.276. The largest absolute Gasteiger partial charge is 0.574 e. The van der Waals surface area contributed by atoms with E-state index in [-0.39, 0.29) is 3.57 Å². The number of halogens is 7. The Bertz CT molecular complexity index is 444. The van der Waals surface area contributed by atoms with Crippen molar-refractivity contribution in [3.63, 3.8) is 0 Å². The molecule has 0 unspecified atom stereocenters. The molecule has 0 fully saturated rings. The van der Waals surface area contributed by atoms with Gasteiger partial charge in [0.1, 0.15) is 9.32 Å². The molecule has 18 heavy (non-hydrogen) atoms. The van der Waals surface area contributed by atoms with E-state index in [9.17, 15) is 26.3 Å². The van der Waals surface area contributed by atoms with Crippen LogP contribution < -0.4 is 9.47 Å². The van der Waals surface area contributed by atoms with Crippen molar-refractivity contribution in [2.75, 3.05) is 7.11 Å². The first-order valence-corrected chi connectivity index (χ1v) is 5.20. The fourth-order valence-corrected chi connectivity index (χ4v) is 1.56. The third kappa shape index (κ3) is 3.78. The smallest absolute Gasteiger partial charge is 0.495 e. The van der Waals surface area contributed by atoms with Crippen LogP contribution in [0.1, 0.15) is 5.69 Å². The number of hydrogen-bond donors (Lipinski definition) is 0. The maximum Gasteiger partial charge on any atom is 0.574 e. The number of rotatable bonds is 2. The van der Waals surface area contributed by atoms with E-state index in [1.165, 1.54) is 22.6 Å². The molecule has 102 valence electrons. The van der Waals surface area contributed by atoms with Gasteiger partial charge in [0.2, 0.25) is 5.88 Å². The van der Waals surface area contributed by atoms with Gasteiger partial charge in [-0.05, 0) is 22.6 Å². The van der Waals surface area contributed by atoms with E-state index in [0.29, 0.717) is 6.07 Å². The van der Waals surface area contributed by atoms with E-state index in [1.54, 1.807) is 0 Å². The minimum Gasteiger partial charge on any atom is -0.495 e. The average Bonchev–Trinajstić information content (AvgIpc) is 2.17. The van der Waals surface area contributed by atoms with Crippen molar-refractivity contribution >= 4 is 22.6 Å². The van der Waals surface area contributed by atoms with Crippen molar-refractivity contribution in [2.24, 2.45) is 0 Å². The van der Waals surface area contributed by atoms with Crippen LogP contribution in [0.3, 0.4) is 0 Å². The minimum absolute atomic E-state index is 0.305. The Kier molecular flexibility index (Phi) is 4.18. The van der Waals surface area contributed by atoms with E-state index in [0.717, 1.165) is 7.11 Å². The summed E-state index contributed by atoms with van der Waals surface area (Å²) in [6, 6.07) is 0.491. The summed E-state index contributed by atoms with van der Waals surface area (Å²) in [5.41, 5.74) is -1.53. The van der Waals surface area contributed by atoms with Crippen LogP contribution in [0.15, 0.2) is 6.07 Å². The highest BCUT2D eigenvalue weighted by atomic mass is 127. The van der Waals surface area contributed by atoms with Crippen LogP contribution >= 0.6 is 22.6 Å². The second-order valence-electron chi connectivity index (χ2n) is 2.87. The molecule has 0 aliphatic carbocycles. The lowest BCUT2D eigenvalue weighted by atomic mass is 10.3. The SMILES string of the molecule is COc1cc(C(F)(F)F)nc(OC(F)(F)F)c1I. The molecule has 0 aromatic carbocycles. The first-order valence-electron chi connectivity index (χ1n) is 4.12. The minimum atomic E-state index is -5.14. The molecule has 0 N–H and O–H groups in total. The van der Waals surface area contributed by atoms with Crippen molar-refractivity contribution in [2.45, 2.75) is 12.5 Å². The summed E-state index contributed by atoms with van der Waals surface area (Å²) in [5.74, 6) is -1.60. The summed E-state index contributed by atoms with van der Waals surface area (Å²) >= 11 is 1.35. The van der Waals surface area contributed by atoms with Gasteiger partial charge in [0.15, 0.2) is 5.69 Å². The molecule has 3 nitrogen and oxygen atoms in total. The molecule has 1 aromatic heterocycles. The molecule has 1 rings (SSSR count). The first kappa shape index (κ1) is 15.1. The number of aromatic nitrogens is 1. The van der Waals surface area contributed by atoms with Crippen LogP contribution in [0, 0.1) is 3.57 Å². The fourth-order valence-electron chi connectivity index (χ4n) is 0.955. The van der Waals surface area contributed by atoms with Crippen molar-refractivity contribution in [1.82, 2.24) is 4.98 Å². The predicted molar refractivity (Wildman–Crippen MR) is 55.2 cm³/mol. The number of methoxy groups -OCH3 is 1. The summed E-state index contributed by atoms with van der Waals surface area (Å²) in [6.45, 7) is 0. The standard InChI is InChI=1S/C8H4F6INO2/c1-17-3-2-4(7(9,10)11)16-6(5(3)15)18-8(12,13)14/h2H,1H3. The Morgan fingerprint density at radius 2 is 1.72 bits per heavy atom. The van der Waals surface area contributed by atoms with Crippen LogP contribution in [-0.4, -0.2) is 18.5 Å². The van der Waals surface area contributed by atoms with Crippen LogP contribution in [0.4, 0.5) is 26.3 Å². The van der Waals surface area contributed by atoms with Crippen LogP contribution in [0.2, 0.25) is 0 Å². The monoisotopic (exact) mass is 387 g/mol. The Labute approximate surface area is 110 Å². The highest BCUT2D eigenvalue weighted by molar-refractivity contribution is 14.1. The molecule has 0 aliphatic rings. The Hall–Kier alpha value is -0.940. The second-order valence-corrected chi connectivity index (χ2v) is 3.95. The molecule has 0 aliphatic heterocycles. The van der Waals surface area contributed by atoms with Crippen molar-refractivity contribution in [1.29, 1.82) is 0 Å². The summed E-state index contributed by atoms with van der Waals surface area (Å²) < 4.78 is 80.8. The van der Waals surface area contributed by atoms with Gasteiger partial charge in [-0.2, -0.15) is 13.2 Å². The average molecular weight is 387 g/mol. The molecular formula is C8H4F6INO2. The molecule has 10 heteroatoms. The van der Waals surface area contributed by atoms with Crippen LogP contribution in [-0.2, 0) is 6.18 Å². The quantitative estimate of drug-likeness (QED) is 0.574. The number of hydrogen-bond acceptors (Lipinski definition) is 3. The van der Waals surface area contributed by atoms with Gasteiger partial charge in [0, 0.05) is 6.07 Å². The number of nitrogens with zero attached hydrogens (tertiary/aromatic N) is 1. The van der Waals surface area contributed by atoms with Gasteiger partial charge in [-0.1, -0.05) is 0 Å². The molecule has 1 heterocycles. The topological polar surface area (TPSA) is 31.4 Å². The number of pyridine rings is 1. The highest BCUT2D eigenvalue weighted by Gasteiger charge is 2.38. The van der Waals surface area contributed by atoms with Gasteiger partial charge in [0.25, 0.3) is 0 Å². The van der Waals surface area contributed by atoms with Crippen LogP contribution in [0.25, 0.3) is 0 Å². The fraction of sp³-hybridized carbons (Fsp3) is 0.375. The Morgan fingerprint density at radius 1 is 1.17 bits per heavy atom. The van der Waals surface area contributed by atoms with E-state index in [4.69, 9.17) is 0 Å². The Morgan fingerprint density at radius 3 is 2.11 bits per heavy atom. The zero-order valence-corrected chi connectivity index (χ0v) is 10.6. The number of ether oxygens (including phenoxy) is 2. The zero-order valence-electron chi connectivity index (χ0n) is 8.49. The molecule has 0 saturated heterocycles. The molecular weight excluding hydrogens is 383 g/mol. The molecule has 0 bridgehead atoms. The highest BCUT2D eigenvalue weighted by Crippen LogP contribution is 2.37. The number of alkyl halides is 6. The molecule has 1 aromatic rings. The lowest BCUT2D eigenvalue weighted by Crippen LogP contribution is -2.20. The van der Waals surface area contributed by atoms with Gasteiger partial charge in [-0.15, -0.1) is 13.2 Å². The zero-order chi connectivity index (χ0) is 14.1. The third-order valence-corrected chi connectivity index (χ3v) is 2.61. The second kappa shape index (κ2) is 4.97. The third-order valence-electron chi connectivity index (χ3n) is 1.62. The van der Waals surface area contributed by atoms with Gasteiger partial charge in [0.05, 0.1) is 7.11 Å². The molecule has 0 atom stereocenters. The Balaban J connectivity index is 3.32. The summed E-state index contributed by atoms with van der Waals surface area (Å²) in [4.78, 5) is 2.78. The molecule has 0 amide bonds. The summed E-state index contributed by atoms with van der Waals surface area (Å²) in [7, 11) is 1.02. The van der Waals surface area contributed by atoms with E-state index < -0.39 is 29.9 Å². The summed E-state index contributed by atoms with van der Waals surface area (Å²) in [5, 5.41) is 0. The maximum absolute atomic E-state index is 12.4. The molecule has 0 saturated carbocycles. The van der Waals surface area contributed by atoms with E-state index >= 15 is 0 Å². The van der Waals surface area contributed by atoms with Gasteiger partial charge in [-0.25, -0.2) is 4.98 Å². The maximum atomic E-state index is 12.4. The van der Waals surface area contributed by atoms with E-state index in [1.807, 2.05) is 0 Å². The normalized spacial score (nSPS) is 12.4. The van der Waals surface area contributed by atoms with Crippen LogP contribution in [0.5, 0.6) is 11.6 Å². The lowest BCUT2D eigenvalue weighted by Gasteiger charge is -2.14.